The summed E-state index contributed by atoms with van der Waals surface area (Å²) in [6.07, 6.45) is 10.8. The Morgan fingerprint density at radius 1 is 0.905 bits per heavy atom. The number of aliphatic carboxylic acids is 1. The number of carbonyl (C=O) groups is 4. The van der Waals surface area contributed by atoms with E-state index in [1.165, 1.54) is 92.5 Å². The molecule has 1 saturated carbocycles. The van der Waals surface area contributed by atoms with Crippen molar-refractivity contribution in [2.75, 3.05) is 25.5 Å². The third-order valence-electron chi connectivity index (χ3n) is 12.3. The number of halogens is 3. The zero-order valence-corrected chi connectivity index (χ0v) is 35.6. The van der Waals surface area contributed by atoms with Crippen LogP contribution in [0.2, 0.25) is 0 Å². The number of hydrogen-bond acceptors (Lipinski definition) is 8. The Hall–Kier alpha value is -6.09. The highest BCUT2D eigenvalue weighted by molar-refractivity contribution is 5.98. The van der Waals surface area contributed by atoms with Crippen molar-refractivity contribution in [3.05, 3.63) is 113 Å². The number of methoxy groups -OCH3 is 1. The van der Waals surface area contributed by atoms with Crippen molar-refractivity contribution < 1.29 is 42.2 Å². The van der Waals surface area contributed by atoms with Crippen molar-refractivity contribution in [1.29, 1.82) is 0 Å². The highest BCUT2D eigenvalue weighted by atomic mass is 19.4. The summed E-state index contributed by atoms with van der Waals surface area (Å²) in [4.78, 5) is 62.2. The topological polar surface area (TPSA) is 177 Å². The fraction of sp³-hybridized carbons (Fsp3) is 0.417. The molecular formula is C48H55F3N6O6. The average Bonchev–Trinajstić information content (AvgIpc) is 3.29. The molecule has 63 heavy (non-hydrogen) atoms. The van der Waals surface area contributed by atoms with Crippen LogP contribution >= 0.6 is 0 Å². The minimum atomic E-state index is -4.71. The number of alkyl halides is 3. The van der Waals surface area contributed by atoms with Gasteiger partial charge in [0.15, 0.2) is 5.82 Å². The van der Waals surface area contributed by atoms with E-state index in [1.807, 2.05) is 24.5 Å². The number of carboxylic acid groups (broad SMARTS) is 1. The van der Waals surface area contributed by atoms with Crippen LogP contribution in [0.25, 0.3) is 17.0 Å². The van der Waals surface area contributed by atoms with Crippen LogP contribution in [0.1, 0.15) is 97.3 Å². The molecule has 2 atom stereocenters. The van der Waals surface area contributed by atoms with Gasteiger partial charge in [0.2, 0.25) is 11.8 Å². The molecule has 1 aromatic heterocycles. The van der Waals surface area contributed by atoms with Gasteiger partial charge < -0.3 is 31.1 Å². The van der Waals surface area contributed by atoms with E-state index in [0.29, 0.717) is 11.4 Å². The number of nitrogens with one attached hydrogen (secondary N) is 2. The van der Waals surface area contributed by atoms with Gasteiger partial charge in [-0.3, -0.25) is 14.4 Å². The van der Waals surface area contributed by atoms with Crippen LogP contribution in [0, 0.1) is 17.8 Å². The molecule has 1 heterocycles. The van der Waals surface area contributed by atoms with Crippen LogP contribution in [-0.4, -0.2) is 69.9 Å². The maximum absolute atomic E-state index is 13.9. The molecule has 15 heteroatoms. The number of aromatic nitrogens is 2. The molecule has 1 fully saturated rings. The smallest absolute Gasteiger partial charge is 0.416 e. The van der Waals surface area contributed by atoms with Crippen LogP contribution in [-0.2, 0) is 33.5 Å². The number of nitrogens with zero attached hydrogens (tertiary/aromatic N) is 3. The molecule has 3 aromatic carbocycles. The maximum atomic E-state index is 13.9. The van der Waals surface area contributed by atoms with Gasteiger partial charge in [0.25, 0.3) is 5.91 Å². The van der Waals surface area contributed by atoms with Crippen molar-refractivity contribution in [3.63, 3.8) is 0 Å². The van der Waals surface area contributed by atoms with Crippen molar-refractivity contribution in [2.45, 2.75) is 89.9 Å². The number of carbonyl (C=O) groups excluding carboxylic acids is 3. The molecule has 0 bridgehead atoms. The second-order valence-corrected chi connectivity index (χ2v) is 16.5. The first kappa shape index (κ1) is 46.4. The molecule has 12 nitrogen and oxygen atoms in total. The molecule has 334 valence electrons. The maximum Gasteiger partial charge on any atom is 0.416 e. The van der Waals surface area contributed by atoms with Crippen LogP contribution in [0.15, 0.2) is 85.2 Å². The zero-order chi connectivity index (χ0) is 45.1. The normalized spacial score (nSPS) is 18.1. The Bertz CT molecular complexity index is 2240. The number of rotatable bonds is 17. The average molecular weight is 869 g/mol. The molecule has 6 rings (SSSR count). The molecule has 4 aromatic rings. The van der Waals surface area contributed by atoms with E-state index in [9.17, 15) is 37.5 Å². The molecule has 3 amide bonds. The molecule has 2 aliphatic carbocycles. The quantitative estimate of drug-likeness (QED) is 0.0813. The number of ether oxygens (including phenoxy) is 1. The standard InChI is InChI=1S/C48H55F3N6O6/c1-3-30-4-8-32(9-5-30)33-12-14-34(15-13-33)38-26-53-45(54-27-38)35-10-6-31(7-11-35)28-57(29-44(59)56-42(22-23-52)47(61)62)46(60)36-16-19-39(20-17-36)55-43(58)24-37-18-21-40(63-2)25-41(37)48(49,50)51/h6-7,10-11,14,16-21,25-27,30,32-33,42H,3-5,8-9,12-13,15,22-24,28-29,52H2,1-2H3,(H,55,58)(H,56,59)(H,61,62)/t30?,32?,33?,42-/m1/s1. The van der Waals surface area contributed by atoms with Crippen LogP contribution in [0.4, 0.5) is 18.9 Å². The van der Waals surface area contributed by atoms with Gasteiger partial charge in [-0.2, -0.15) is 13.2 Å². The Balaban J connectivity index is 1.11. The number of nitrogens with two attached hydrogens (primary N) is 1. The molecule has 0 aliphatic heterocycles. The number of benzene rings is 3. The van der Waals surface area contributed by atoms with E-state index < -0.39 is 54.4 Å². The minimum Gasteiger partial charge on any atom is -0.497 e. The van der Waals surface area contributed by atoms with Gasteiger partial charge in [-0.05, 0) is 116 Å². The van der Waals surface area contributed by atoms with Gasteiger partial charge in [-0.25, -0.2) is 14.8 Å². The van der Waals surface area contributed by atoms with Crippen molar-refractivity contribution in [3.8, 4) is 17.1 Å². The summed E-state index contributed by atoms with van der Waals surface area (Å²) in [5.41, 5.74) is 8.42. The number of hydrogen-bond donors (Lipinski definition) is 4. The number of anilines is 1. The lowest BCUT2D eigenvalue weighted by Gasteiger charge is -2.35. The Kier molecular flexibility index (Phi) is 15.7. The van der Waals surface area contributed by atoms with Gasteiger partial charge in [0, 0.05) is 41.3 Å². The third kappa shape index (κ3) is 12.5. The lowest BCUT2D eigenvalue weighted by molar-refractivity contribution is -0.142. The minimum absolute atomic E-state index is 0.00230. The second kappa shape index (κ2) is 21.3. The van der Waals surface area contributed by atoms with Gasteiger partial charge >= 0.3 is 12.1 Å². The monoisotopic (exact) mass is 868 g/mol. The predicted molar refractivity (Wildman–Crippen MR) is 233 cm³/mol. The van der Waals surface area contributed by atoms with E-state index in [1.54, 1.807) is 12.1 Å². The van der Waals surface area contributed by atoms with E-state index in [4.69, 9.17) is 10.5 Å². The fourth-order valence-electron chi connectivity index (χ4n) is 8.63. The number of allylic oxidation sites excluding steroid dienone is 2. The second-order valence-electron chi connectivity index (χ2n) is 16.5. The summed E-state index contributed by atoms with van der Waals surface area (Å²) in [5.74, 6) is -0.240. The lowest BCUT2D eigenvalue weighted by atomic mass is 9.71. The first-order valence-electron chi connectivity index (χ1n) is 21.5. The highest BCUT2D eigenvalue weighted by Crippen LogP contribution is 2.42. The van der Waals surface area contributed by atoms with Gasteiger partial charge in [-0.15, -0.1) is 0 Å². The lowest BCUT2D eigenvalue weighted by Crippen LogP contribution is -2.47. The van der Waals surface area contributed by atoms with E-state index >= 15 is 0 Å². The van der Waals surface area contributed by atoms with Crippen LogP contribution in [0.3, 0.4) is 0 Å². The van der Waals surface area contributed by atoms with E-state index in [0.717, 1.165) is 47.8 Å². The summed E-state index contributed by atoms with van der Waals surface area (Å²) < 4.78 is 46.0. The Morgan fingerprint density at radius 2 is 1.60 bits per heavy atom. The molecule has 2 aliphatic rings. The van der Waals surface area contributed by atoms with E-state index in [-0.39, 0.29) is 42.1 Å². The Morgan fingerprint density at radius 3 is 2.19 bits per heavy atom. The molecule has 0 spiro atoms. The summed E-state index contributed by atoms with van der Waals surface area (Å²) in [7, 11) is 1.25. The van der Waals surface area contributed by atoms with Crippen molar-refractivity contribution in [1.82, 2.24) is 20.2 Å². The van der Waals surface area contributed by atoms with Crippen LogP contribution in [0.5, 0.6) is 5.75 Å². The molecular weight excluding hydrogens is 814 g/mol. The first-order valence-corrected chi connectivity index (χ1v) is 21.5. The van der Waals surface area contributed by atoms with Crippen LogP contribution < -0.4 is 21.1 Å². The molecule has 0 radical (unpaired) electrons. The van der Waals surface area contributed by atoms with Crippen molar-refractivity contribution >= 4 is 35.0 Å². The third-order valence-corrected chi connectivity index (χ3v) is 12.3. The van der Waals surface area contributed by atoms with Gasteiger partial charge in [-0.1, -0.05) is 62.6 Å². The number of amides is 3. The molecule has 1 unspecified atom stereocenters. The fourth-order valence-corrected chi connectivity index (χ4v) is 8.63. The summed E-state index contributed by atoms with van der Waals surface area (Å²) in [6, 6.07) is 15.0. The predicted octanol–water partition coefficient (Wildman–Crippen LogP) is 8.31. The highest BCUT2D eigenvalue weighted by Gasteiger charge is 2.34. The summed E-state index contributed by atoms with van der Waals surface area (Å²) in [5, 5.41) is 14.6. The van der Waals surface area contributed by atoms with Crippen molar-refractivity contribution in [2.24, 2.45) is 23.5 Å². The molecule has 0 saturated heterocycles. The van der Waals surface area contributed by atoms with Gasteiger partial charge in [0.1, 0.15) is 18.3 Å². The summed E-state index contributed by atoms with van der Waals surface area (Å²) >= 11 is 0. The SMILES string of the molecule is CCC1CCC(C2CC=C(c3cnc(-c4ccc(CN(CC(=O)N[C@H](CCN)C(=O)O)C(=O)c5ccc(NC(=O)Cc6ccc(OC)cc6C(F)(F)F)cc5)cc4)nc3)CC2)CC1. The number of carboxylic acids is 1. The summed E-state index contributed by atoms with van der Waals surface area (Å²) in [6.45, 7) is 1.80. The largest absolute Gasteiger partial charge is 0.497 e. The zero-order valence-electron chi connectivity index (χ0n) is 35.6. The molecule has 5 N–H and O–H groups in total. The van der Waals surface area contributed by atoms with E-state index in [2.05, 4.69) is 33.6 Å². The first-order chi connectivity index (χ1) is 30.2. The van der Waals surface area contributed by atoms with Gasteiger partial charge in [0.05, 0.1) is 19.1 Å². The Labute approximate surface area is 365 Å².